The van der Waals surface area contributed by atoms with E-state index in [1.807, 2.05) is 0 Å². The van der Waals surface area contributed by atoms with E-state index >= 15 is 0 Å². The Morgan fingerprint density at radius 3 is 2.47 bits per heavy atom. The molecule has 0 aliphatic heterocycles. The number of para-hydroxylation sites is 1. The van der Waals surface area contributed by atoms with E-state index in [0.717, 1.165) is 31.6 Å². The molecular formula is C27H29N3. The lowest BCUT2D eigenvalue weighted by molar-refractivity contribution is 0.641. The molecule has 2 aromatic heterocycles. The molecule has 4 aromatic rings. The summed E-state index contributed by atoms with van der Waals surface area (Å²) in [5.41, 5.74) is 7.76. The van der Waals surface area contributed by atoms with E-state index in [4.69, 9.17) is 9.97 Å². The summed E-state index contributed by atoms with van der Waals surface area (Å²) in [5.74, 6) is 1.26. The Hall–Kier alpha value is -2.94. The first-order valence-electron chi connectivity index (χ1n) is 11.2. The predicted octanol–water partition coefficient (Wildman–Crippen LogP) is 6.21. The Kier molecular flexibility index (Phi) is 5.12. The van der Waals surface area contributed by atoms with Crippen LogP contribution in [0.5, 0.6) is 0 Å². The van der Waals surface area contributed by atoms with Gasteiger partial charge in [-0.1, -0.05) is 62.4 Å². The van der Waals surface area contributed by atoms with Gasteiger partial charge in [0.1, 0.15) is 0 Å². The third-order valence-electron chi connectivity index (χ3n) is 6.28. The Morgan fingerprint density at radius 2 is 1.63 bits per heavy atom. The second-order valence-corrected chi connectivity index (χ2v) is 8.71. The first-order chi connectivity index (χ1) is 14.7. The summed E-state index contributed by atoms with van der Waals surface area (Å²) in [6.07, 6.45) is 6.65. The van der Waals surface area contributed by atoms with Crippen molar-refractivity contribution in [3.63, 3.8) is 0 Å². The van der Waals surface area contributed by atoms with Crippen molar-refractivity contribution in [3.8, 4) is 5.95 Å². The van der Waals surface area contributed by atoms with Crippen LogP contribution >= 0.6 is 0 Å². The zero-order valence-electron chi connectivity index (χ0n) is 17.9. The molecule has 152 valence electrons. The van der Waals surface area contributed by atoms with Gasteiger partial charge in [0.15, 0.2) is 0 Å². The molecule has 0 spiro atoms. The van der Waals surface area contributed by atoms with Gasteiger partial charge >= 0.3 is 0 Å². The molecule has 3 heteroatoms. The molecule has 0 atom stereocenters. The predicted molar refractivity (Wildman–Crippen MR) is 123 cm³/mol. The van der Waals surface area contributed by atoms with Crippen LogP contribution in [0.3, 0.4) is 0 Å². The first kappa shape index (κ1) is 19.0. The Bertz CT molecular complexity index is 1170. The first-order valence-corrected chi connectivity index (χ1v) is 11.2. The molecule has 0 amide bonds. The van der Waals surface area contributed by atoms with Crippen LogP contribution in [0.1, 0.15) is 60.8 Å². The van der Waals surface area contributed by atoms with E-state index < -0.39 is 0 Å². The Morgan fingerprint density at radius 1 is 0.867 bits per heavy atom. The summed E-state index contributed by atoms with van der Waals surface area (Å²) < 4.78 is 2.29. The van der Waals surface area contributed by atoms with E-state index in [9.17, 15) is 0 Å². The minimum Gasteiger partial charge on any atom is -0.282 e. The number of benzene rings is 2. The van der Waals surface area contributed by atoms with Crippen molar-refractivity contribution in [2.75, 3.05) is 0 Å². The lowest BCUT2D eigenvalue weighted by Crippen LogP contribution is -2.16. The minimum absolute atomic E-state index is 0.407. The molecule has 0 unspecified atom stereocenters. The fraction of sp³-hybridized carbons (Fsp3) is 0.333. The lowest BCUT2D eigenvalue weighted by Gasteiger charge is -2.21. The van der Waals surface area contributed by atoms with E-state index in [1.54, 1.807) is 0 Å². The molecule has 0 bridgehead atoms. The number of aromatic nitrogens is 3. The second-order valence-electron chi connectivity index (χ2n) is 8.71. The summed E-state index contributed by atoms with van der Waals surface area (Å²) >= 11 is 0. The number of rotatable bonds is 5. The zero-order valence-corrected chi connectivity index (χ0v) is 17.9. The second kappa shape index (κ2) is 8.06. The summed E-state index contributed by atoms with van der Waals surface area (Å²) in [5, 5.41) is 1.26. The minimum atomic E-state index is 0.407. The van der Waals surface area contributed by atoms with Gasteiger partial charge in [0.05, 0.1) is 5.52 Å². The normalized spacial score (nSPS) is 13.7. The van der Waals surface area contributed by atoms with Crippen LogP contribution in [-0.2, 0) is 25.7 Å². The molecule has 0 N–H and O–H groups in total. The number of hydrogen-bond acceptors (Lipinski definition) is 2. The number of hydrogen-bond donors (Lipinski definition) is 0. The molecule has 30 heavy (non-hydrogen) atoms. The van der Waals surface area contributed by atoms with Crippen molar-refractivity contribution >= 4 is 10.9 Å². The Balaban J connectivity index is 1.63. The largest absolute Gasteiger partial charge is 0.282 e. The van der Waals surface area contributed by atoms with Gasteiger partial charge in [-0.2, -0.15) is 0 Å². The molecule has 1 aliphatic carbocycles. The van der Waals surface area contributed by atoms with E-state index in [2.05, 4.69) is 79.1 Å². The monoisotopic (exact) mass is 395 g/mol. The number of fused-ring (bicyclic) bond motifs is 2. The molecule has 2 aromatic carbocycles. The quantitative estimate of drug-likeness (QED) is 0.402. The molecule has 0 radical (unpaired) electrons. The number of nitrogens with zero attached hydrogens (tertiary/aromatic N) is 3. The van der Waals surface area contributed by atoms with Crippen molar-refractivity contribution in [1.82, 2.24) is 14.5 Å². The Labute approximate surface area is 178 Å². The van der Waals surface area contributed by atoms with Crippen LogP contribution in [0.15, 0.2) is 60.7 Å². The van der Waals surface area contributed by atoms with Gasteiger partial charge in [0.2, 0.25) is 5.95 Å². The van der Waals surface area contributed by atoms with Gasteiger partial charge in [-0.05, 0) is 67.7 Å². The van der Waals surface area contributed by atoms with Gasteiger partial charge in [0.25, 0.3) is 0 Å². The van der Waals surface area contributed by atoms with Gasteiger partial charge in [0, 0.05) is 22.5 Å². The van der Waals surface area contributed by atoms with Crippen LogP contribution in [0, 0.1) is 0 Å². The van der Waals surface area contributed by atoms with Crippen molar-refractivity contribution in [2.45, 2.75) is 58.3 Å². The molecule has 2 heterocycles. The van der Waals surface area contributed by atoms with Crippen LogP contribution in [-0.4, -0.2) is 14.5 Å². The highest BCUT2D eigenvalue weighted by Gasteiger charge is 2.21. The van der Waals surface area contributed by atoms with Crippen molar-refractivity contribution < 1.29 is 0 Å². The molecular weight excluding hydrogens is 366 g/mol. The van der Waals surface area contributed by atoms with Crippen LogP contribution in [0.4, 0.5) is 0 Å². The van der Waals surface area contributed by atoms with Gasteiger partial charge in [-0.15, -0.1) is 0 Å². The van der Waals surface area contributed by atoms with E-state index in [-0.39, 0.29) is 0 Å². The molecule has 0 saturated carbocycles. The summed E-state index contributed by atoms with van der Waals surface area (Å²) in [7, 11) is 0. The topological polar surface area (TPSA) is 30.7 Å². The highest BCUT2D eigenvalue weighted by atomic mass is 15.2. The summed E-state index contributed by atoms with van der Waals surface area (Å²) in [6.45, 7) is 4.50. The standard InChI is InChI=1S/C27H29N3/c1-19(2)26-18-21-12-6-9-15-25(21)30(26)27-28-23-14-8-7-13-22(23)24(29-27)17-16-20-10-4-3-5-11-20/h3-6,9-12,15,18-19H,7-8,13-14,16-17H2,1-2H3. The summed E-state index contributed by atoms with van der Waals surface area (Å²) in [6, 6.07) is 21.6. The smallest absolute Gasteiger partial charge is 0.234 e. The van der Waals surface area contributed by atoms with Crippen LogP contribution < -0.4 is 0 Å². The average Bonchev–Trinajstić information content (AvgIpc) is 3.18. The molecule has 0 saturated heterocycles. The highest BCUT2D eigenvalue weighted by Crippen LogP contribution is 2.30. The maximum atomic E-state index is 5.19. The summed E-state index contributed by atoms with van der Waals surface area (Å²) in [4.78, 5) is 10.3. The lowest BCUT2D eigenvalue weighted by atomic mass is 9.92. The maximum Gasteiger partial charge on any atom is 0.234 e. The highest BCUT2D eigenvalue weighted by molar-refractivity contribution is 5.83. The SMILES string of the molecule is CC(C)c1cc2ccccc2n1-c1nc2c(c(CCc3ccccc3)n1)CCCC2. The van der Waals surface area contributed by atoms with Gasteiger partial charge in [-0.3, -0.25) is 4.57 Å². The van der Waals surface area contributed by atoms with Crippen molar-refractivity contribution in [2.24, 2.45) is 0 Å². The number of aryl methyl sites for hydroxylation is 3. The molecule has 5 rings (SSSR count). The average molecular weight is 396 g/mol. The van der Waals surface area contributed by atoms with Crippen LogP contribution in [0.25, 0.3) is 16.9 Å². The van der Waals surface area contributed by atoms with Gasteiger partial charge < -0.3 is 0 Å². The third-order valence-corrected chi connectivity index (χ3v) is 6.28. The molecule has 0 fully saturated rings. The van der Waals surface area contributed by atoms with Crippen molar-refractivity contribution in [1.29, 1.82) is 0 Å². The van der Waals surface area contributed by atoms with E-state index in [0.29, 0.717) is 5.92 Å². The third kappa shape index (κ3) is 3.54. The fourth-order valence-corrected chi connectivity index (χ4v) is 4.70. The molecule has 3 nitrogen and oxygen atoms in total. The molecule has 1 aliphatic rings. The van der Waals surface area contributed by atoms with Gasteiger partial charge in [-0.25, -0.2) is 9.97 Å². The zero-order chi connectivity index (χ0) is 20.5. The van der Waals surface area contributed by atoms with E-state index in [1.165, 1.54) is 52.0 Å². The fourth-order valence-electron chi connectivity index (χ4n) is 4.70. The van der Waals surface area contributed by atoms with Crippen molar-refractivity contribution in [3.05, 3.63) is 88.9 Å². The van der Waals surface area contributed by atoms with Crippen LogP contribution in [0.2, 0.25) is 0 Å². The maximum absolute atomic E-state index is 5.19.